The predicted molar refractivity (Wildman–Crippen MR) is 99.1 cm³/mol. The molecule has 0 aliphatic carbocycles. The van der Waals surface area contributed by atoms with Crippen LogP contribution in [0.1, 0.15) is 0 Å². The van der Waals surface area contributed by atoms with E-state index in [2.05, 4.69) is 37.2 Å². The minimum atomic E-state index is -3.58. The highest BCUT2D eigenvalue weighted by Crippen LogP contribution is 2.23. The largest absolute Gasteiger partial charge is 0.323 e. The van der Waals surface area contributed by atoms with Gasteiger partial charge in [0.05, 0.1) is 17.6 Å². The first-order chi connectivity index (χ1) is 10.8. The van der Waals surface area contributed by atoms with Gasteiger partial charge in [-0.25, -0.2) is 8.42 Å². The fourth-order valence-corrected chi connectivity index (χ4v) is 3.39. The summed E-state index contributed by atoms with van der Waals surface area (Å²) in [5, 5.41) is 2.69. The van der Waals surface area contributed by atoms with E-state index in [4.69, 9.17) is 0 Å². The van der Waals surface area contributed by atoms with E-state index in [0.717, 1.165) is 19.5 Å². The summed E-state index contributed by atoms with van der Waals surface area (Å²) in [5.74, 6) is -0.426. The van der Waals surface area contributed by atoms with Gasteiger partial charge < -0.3 is 5.32 Å². The van der Waals surface area contributed by atoms with Crippen LogP contribution in [0, 0.1) is 0 Å². The van der Waals surface area contributed by atoms with Crippen LogP contribution in [0.2, 0.25) is 0 Å². The van der Waals surface area contributed by atoms with E-state index in [9.17, 15) is 13.2 Å². The molecule has 8 heteroatoms. The molecule has 0 aliphatic heterocycles. The summed E-state index contributed by atoms with van der Waals surface area (Å²) in [6.07, 6.45) is 1.07. The summed E-state index contributed by atoms with van der Waals surface area (Å²) in [6.45, 7) is -0.304. The minimum absolute atomic E-state index is 0.304. The van der Waals surface area contributed by atoms with Crippen molar-refractivity contribution in [1.29, 1.82) is 0 Å². The Labute approximate surface area is 152 Å². The van der Waals surface area contributed by atoms with E-state index in [1.54, 1.807) is 42.5 Å². The Kier molecular flexibility index (Phi) is 5.83. The molecule has 5 nitrogen and oxygen atoms in total. The SMILES string of the molecule is CS(=O)(=O)N(CC(=O)Nc1ccccc1Br)c1ccc(Br)cc1. The predicted octanol–water partition coefficient (Wildman–Crippen LogP) is 3.62. The molecule has 0 unspecified atom stereocenters. The molecule has 0 saturated carbocycles. The zero-order valence-corrected chi connectivity index (χ0v) is 16.2. The molecule has 2 aromatic carbocycles. The lowest BCUT2D eigenvalue weighted by Gasteiger charge is -2.22. The van der Waals surface area contributed by atoms with Crippen LogP contribution in [-0.2, 0) is 14.8 Å². The lowest BCUT2D eigenvalue weighted by molar-refractivity contribution is -0.114. The zero-order chi connectivity index (χ0) is 17.0. The maximum Gasteiger partial charge on any atom is 0.245 e. The molecular formula is C15H14Br2N2O3S. The summed E-state index contributed by atoms with van der Waals surface area (Å²) in [4.78, 5) is 12.2. The summed E-state index contributed by atoms with van der Waals surface area (Å²) in [5.41, 5.74) is 1.01. The number of anilines is 2. The smallest absolute Gasteiger partial charge is 0.245 e. The molecular weight excluding hydrogens is 448 g/mol. The summed E-state index contributed by atoms with van der Waals surface area (Å²) in [6, 6.07) is 13.8. The molecule has 2 rings (SSSR count). The Morgan fingerprint density at radius 3 is 2.26 bits per heavy atom. The van der Waals surface area contributed by atoms with Crippen LogP contribution in [0.5, 0.6) is 0 Å². The van der Waals surface area contributed by atoms with E-state index < -0.39 is 15.9 Å². The van der Waals surface area contributed by atoms with Gasteiger partial charge >= 0.3 is 0 Å². The number of carbonyl (C=O) groups is 1. The number of hydrogen-bond donors (Lipinski definition) is 1. The van der Waals surface area contributed by atoms with Crippen LogP contribution in [0.25, 0.3) is 0 Å². The highest BCUT2D eigenvalue weighted by molar-refractivity contribution is 9.10. The van der Waals surface area contributed by atoms with Crippen LogP contribution in [-0.4, -0.2) is 27.1 Å². The number of carbonyl (C=O) groups excluding carboxylic acids is 1. The van der Waals surface area contributed by atoms with E-state index in [1.165, 1.54) is 0 Å². The quantitative estimate of drug-likeness (QED) is 0.739. The molecule has 2 aromatic rings. The molecule has 0 aromatic heterocycles. The van der Waals surface area contributed by atoms with Gasteiger partial charge in [0.25, 0.3) is 0 Å². The van der Waals surface area contributed by atoms with Crippen molar-refractivity contribution < 1.29 is 13.2 Å². The average molecular weight is 462 g/mol. The number of rotatable bonds is 5. The lowest BCUT2D eigenvalue weighted by atomic mass is 10.3. The molecule has 1 N–H and O–H groups in total. The highest BCUT2D eigenvalue weighted by atomic mass is 79.9. The molecule has 0 aliphatic rings. The van der Waals surface area contributed by atoms with Crippen LogP contribution in [0.4, 0.5) is 11.4 Å². The Balaban J connectivity index is 2.20. The minimum Gasteiger partial charge on any atom is -0.323 e. The van der Waals surface area contributed by atoms with Gasteiger partial charge in [0.1, 0.15) is 6.54 Å². The molecule has 1 amide bonds. The second kappa shape index (κ2) is 7.46. The topological polar surface area (TPSA) is 66.5 Å². The number of benzene rings is 2. The molecule has 0 spiro atoms. The van der Waals surface area contributed by atoms with Crippen molar-refractivity contribution in [2.24, 2.45) is 0 Å². The Hall–Kier alpha value is -1.38. The first-order valence-electron chi connectivity index (χ1n) is 6.55. The number of nitrogens with one attached hydrogen (secondary N) is 1. The maximum absolute atomic E-state index is 12.2. The Bertz CT molecular complexity index is 808. The van der Waals surface area contributed by atoms with Crippen molar-refractivity contribution in [3.8, 4) is 0 Å². The zero-order valence-electron chi connectivity index (χ0n) is 12.2. The molecule has 0 radical (unpaired) electrons. The van der Waals surface area contributed by atoms with Gasteiger partial charge in [-0.1, -0.05) is 28.1 Å². The number of nitrogens with zero attached hydrogens (tertiary/aromatic N) is 1. The first kappa shape index (κ1) is 18.0. The van der Waals surface area contributed by atoms with Crippen LogP contribution in [0.15, 0.2) is 57.5 Å². The molecule has 0 heterocycles. The van der Waals surface area contributed by atoms with Crippen molar-refractivity contribution in [1.82, 2.24) is 0 Å². The Morgan fingerprint density at radius 2 is 1.70 bits per heavy atom. The number of sulfonamides is 1. The van der Waals surface area contributed by atoms with E-state index in [1.807, 2.05) is 6.07 Å². The number of halogens is 2. The Morgan fingerprint density at radius 1 is 1.09 bits per heavy atom. The van der Waals surface area contributed by atoms with Crippen LogP contribution in [0.3, 0.4) is 0 Å². The van der Waals surface area contributed by atoms with Gasteiger partial charge in [-0.3, -0.25) is 9.10 Å². The van der Waals surface area contributed by atoms with Gasteiger partial charge in [0.2, 0.25) is 15.9 Å². The summed E-state index contributed by atoms with van der Waals surface area (Å²) >= 11 is 6.63. The highest BCUT2D eigenvalue weighted by Gasteiger charge is 2.21. The lowest BCUT2D eigenvalue weighted by Crippen LogP contribution is -2.37. The van der Waals surface area contributed by atoms with Gasteiger partial charge in [0.15, 0.2) is 0 Å². The normalized spacial score (nSPS) is 11.1. The van der Waals surface area contributed by atoms with Crippen molar-refractivity contribution in [3.63, 3.8) is 0 Å². The molecule has 0 atom stereocenters. The second-order valence-electron chi connectivity index (χ2n) is 4.77. The fraction of sp³-hybridized carbons (Fsp3) is 0.133. The number of amides is 1. The van der Waals surface area contributed by atoms with E-state index in [0.29, 0.717) is 11.4 Å². The third kappa shape index (κ3) is 5.05. The van der Waals surface area contributed by atoms with Crippen LogP contribution >= 0.6 is 31.9 Å². The summed E-state index contributed by atoms with van der Waals surface area (Å²) < 4.78 is 26.6. The monoisotopic (exact) mass is 460 g/mol. The van der Waals surface area contributed by atoms with Gasteiger partial charge in [-0.05, 0) is 52.3 Å². The third-order valence-corrected chi connectivity index (χ3v) is 5.31. The first-order valence-corrected chi connectivity index (χ1v) is 9.98. The van der Waals surface area contributed by atoms with E-state index in [-0.39, 0.29) is 6.54 Å². The van der Waals surface area contributed by atoms with Crippen molar-refractivity contribution in [2.45, 2.75) is 0 Å². The molecule has 122 valence electrons. The van der Waals surface area contributed by atoms with Gasteiger partial charge in [-0.15, -0.1) is 0 Å². The number of hydrogen-bond acceptors (Lipinski definition) is 3. The maximum atomic E-state index is 12.2. The number of para-hydroxylation sites is 1. The van der Waals surface area contributed by atoms with E-state index >= 15 is 0 Å². The van der Waals surface area contributed by atoms with Gasteiger partial charge in [-0.2, -0.15) is 0 Å². The third-order valence-electron chi connectivity index (χ3n) is 2.95. The fourth-order valence-electron chi connectivity index (χ4n) is 1.89. The van der Waals surface area contributed by atoms with Crippen molar-refractivity contribution in [3.05, 3.63) is 57.5 Å². The van der Waals surface area contributed by atoms with Crippen molar-refractivity contribution >= 4 is 59.2 Å². The molecule has 0 saturated heterocycles. The molecule has 0 fully saturated rings. The standard InChI is InChI=1S/C15H14Br2N2O3S/c1-23(21,22)19(12-8-6-11(16)7-9-12)10-15(20)18-14-5-3-2-4-13(14)17/h2-9H,10H2,1H3,(H,18,20). The van der Waals surface area contributed by atoms with Crippen LogP contribution < -0.4 is 9.62 Å². The summed E-state index contributed by atoms with van der Waals surface area (Å²) in [7, 11) is -3.58. The second-order valence-corrected chi connectivity index (χ2v) is 8.45. The molecule has 23 heavy (non-hydrogen) atoms. The van der Waals surface area contributed by atoms with Gasteiger partial charge in [0, 0.05) is 8.95 Å². The van der Waals surface area contributed by atoms with Crippen molar-refractivity contribution in [2.75, 3.05) is 22.4 Å². The molecule has 0 bridgehead atoms. The average Bonchev–Trinajstić information content (AvgIpc) is 2.47.